The van der Waals surface area contributed by atoms with E-state index in [4.69, 9.17) is 19.4 Å². The topological polar surface area (TPSA) is 122 Å². The third-order valence-corrected chi connectivity index (χ3v) is 9.67. The number of pyridine rings is 1. The lowest BCUT2D eigenvalue weighted by Crippen LogP contribution is -2.50. The Morgan fingerprint density at radius 3 is 2.42 bits per heavy atom. The Morgan fingerprint density at radius 1 is 1.00 bits per heavy atom. The van der Waals surface area contributed by atoms with Crippen molar-refractivity contribution in [3.63, 3.8) is 0 Å². The van der Waals surface area contributed by atoms with Crippen LogP contribution in [0.4, 0.5) is 42.1 Å². The van der Waals surface area contributed by atoms with Crippen LogP contribution in [0, 0.1) is 6.92 Å². The maximum Gasteiger partial charge on any atom is 0.490 e. The Bertz CT molecular complexity index is 1840. The summed E-state index contributed by atoms with van der Waals surface area (Å²) in [6, 6.07) is 10.8. The van der Waals surface area contributed by atoms with Crippen molar-refractivity contribution in [2.24, 2.45) is 0 Å². The van der Waals surface area contributed by atoms with Crippen LogP contribution in [0.3, 0.4) is 0 Å². The fourth-order valence-electron chi connectivity index (χ4n) is 6.00. The van der Waals surface area contributed by atoms with Gasteiger partial charge in [-0.3, -0.25) is 0 Å². The van der Waals surface area contributed by atoms with Gasteiger partial charge < -0.3 is 29.9 Å². The quantitative estimate of drug-likeness (QED) is 0.184. The molecule has 3 aromatic heterocycles. The number of carbonyl (C=O) groups excluding carboxylic acids is 2. The molecule has 4 aromatic rings. The molecule has 11 nitrogen and oxygen atoms in total. The molecule has 2 saturated heterocycles. The van der Waals surface area contributed by atoms with Crippen molar-refractivity contribution in [2.45, 2.75) is 57.9 Å². The van der Waals surface area contributed by atoms with Gasteiger partial charge in [0.1, 0.15) is 22.1 Å². The molecule has 0 unspecified atom stereocenters. The second-order valence-electron chi connectivity index (χ2n) is 12.4. The van der Waals surface area contributed by atoms with Crippen LogP contribution in [0.1, 0.15) is 54.7 Å². The van der Waals surface area contributed by atoms with E-state index < -0.39 is 23.7 Å². The number of piperidine rings is 1. The maximum absolute atomic E-state index is 12.9. The molecule has 0 saturated carbocycles. The summed E-state index contributed by atoms with van der Waals surface area (Å²) in [5.41, 5.74) is 1.19. The standard InChI is InChI=1S/C33H36F3N7O4S/c1-19-18-48-28-26(19)27(39-25-8-5-7-24(38-25)32(2,3)47-30(45)33(34,35)36)40-31(41-28)37-20-9-10-23(22(17-20)29(44)46-4)43-15-11-21(12-16-43)42-13-6-14-42/h5,7-10,17-18,21H,6,11-16H2,1-4H3,(H2,37,38,39,40,41). The minimum absolute atomic E-state index is 0.107. The van der Waals surface area contributed by atoms with Crippen molar-refractivity contribution in [3.05, 3.63) is 58.6 Å². The summed E-state index contributed by atoms with van der Waals surface area (Å²) in [6.07, 6.45) is -1.80. The van der Waals surface area contributed by atoms with Crippen LogP contribution in [0.15, 0.2) is 41.8 Å². The molecule has 0 radical (unpaired) electrons. The molecular formula is C33H36F3N7O4S. The summed E-state index contributed by atoms with van der Waals surface area (Å²) >= 11 is 1.42. The molecule has 0 bridgehead atoms. The van der Waals surface area contributed by atoms with Crippen LogP contribution in [0.2, 0.25) is 0 Å². The number of thiophene rings is 1. The first-order chi connectivity index (χ1) is 22.8. The number of esters is 2. The van der Waals surface area contributed by atoms with E-state index in [-0.39, 0.29) is 17.5 Å². The molecule has 2 fully saturated rings. The van der Waals surface area contributed by atoms with Gasteiger partial charge in [0, 0.05) is 24.8 Å². The Morgan fingerprint density at radius 2 is 1.75 bits per heavy atom. The van der Waals surface area contributed by atoms with Crippen molar-refractivity contribution in [1.82, 2.24) is 19.9 Å². The summed E-state index contributed by atoms with van der Waals surface area (Å²) in [6.45, 7) is 8.61. The number of carbonyl (C=O) groups is 2. The van der Waals surface area contributed by atoms with Gasteiger partial charge in [0.05, 0.1) is 29.4 Å². The summed E-state index contributed by atoms with van der Waals surface area (Å²) < 4.78 is 48.6. The highest BCUT2D eigenvalue weighted by Crippen LogP contribution is 2.35. The van der Waals surface area contributed by atoms with Crippen molar-refractivity contribution in [2.75, 3.05) is 48.8 Å². The predicted molar refractivity (Wildman–Crippen MR) is 177 cm³/mol. The third kappa shape index (κ3) is 7.02. The van der Waals surface area contributed by atoms with Crippen LogP contribution >= 0.6 is 11.3 Å². The Hall–Kier alpha value is -4.50. The fraction of sp³-hybridized carbons (Fsp3) is 0.424. The molecule has 1 aromatic carbocycles. The van der Waals surface area contributed by atoms with E-state index in [0.29, 0.717) is 27.9 Å². The van der Waals surface area contributed by atoms with Crippen LogP contribution in [0.5, 0.6) is 0 Å². The van der Waals surface area contributed by atoms with Crippen molar-refractivity contribution in [1.29, 1.82) is 0 Å². The van der Waals surface area contributed by atoms with Crippen molar-refractivity contribution in [3.8, 4) is 0 Å². The summed E-state index contributed by atoms with van der Waals surface area (Å²) in [5.74, 6) is -1.81. The third-order valence-electron chi connectivity index (χ3n) is 8.68. The molecule has 15 heteroatoms. The second-order valence-corrected chi connectivity index (χ2v) is 13.2. The van der Waals surface area contributed by atoms with E-state index >= 15 is 0 Å². The SMILES string of the molecule is COC(=O)c1cc(Nc2nc(Nc3cccc(C(C)(C)OC(=O)C(F)(F)F)n3)c3c(C)csc3n2)ccc1N1CCC(N2CCC2)CC1. The maximum atomic E-state index is 12.9. The molecule has 0 atom stereocenters. The molecule has 2 N–H and O–H groups in total. The van der Waals surface area contributed by atoms with Crippen molar-refractivity contribution < 1.29 is 32.2 Å². The number of anilines is 5. The van der Waals surface area contributed by atoms with Gasteiger partial charge >= 0.3 is 18.1 Å². The number of benzene rings is 1. The lowest BCUT2D eigenvalue weighted by molar-refractivity contribution is -0.212. The number of nitrogens with zero attached hydrogens (tertiary/aromatic N) is 5. The summed E-state index contributed by atoms with van der Waals surface area (Å²) in [4.78, 5) is 43.8. The monoisotopic (exact) mass is 683 g/mol. The first-order valence-electron chi connectivity index (χ1n) is 15.6. The van der Waals surface area contributed by atoms with E-state index in [9.17, 15) is 22.8 Å². The molecule has 0 aliphatic carbocycles. The van der Waals surface area contributed by atoms with Gasteiger partial charge in [0.2, 0.25) is 5.95 Å². The Kier molecular flexibility index (Phi) is 9.18. The average molecular weight is 684 g/mol. The Labute approximate surface area is 279 Å². The van der Waals surface area contributed by atoms with Crippen molar-refractivity contribution >= 4 is 62.5 Å². The average Bonchev–Trinajstić information content (AvgIpc) is 3.40. The normalized spacial score (nSPS) is 16.0. The molecule has 6 rings (SSSR count). The number of aryl methyl sites for hydroxylation is 1. The molecular weight excluding hydrogens is 647 g/mol. The van der Waals surface area contributed by atoms with Gasteiger partial charge in [-0.25, -0.2) is 19.6 Å². The zero-order chi connectivity index (χ0) is 34.2. The van der Waals surface area contributed by atoms with Gasteiger partial charge in [-0.1, -0.05) is 6.07 Å². The zero-order valence-electron chi connectivity index (χ0n) is 27.0. The van der Waals surface area contributed by atoms with Gasteiger partial charge in [-0.2, -0.15) is 18.2 Å². The van der Waals surface area contributed by atoms with Gasteiger partial charge in [-0.05, 0) is 94.4 Å². The number of rotatable bonds is 9. The van der Waals surface area contributed by atoms with Crippen LogP contribution in [-0.2, 0) is 19.9 Å². The lowest BCUT2D eigenvalue weighted by atomic mass is 9.98. The van der Waals surface area contributed by atoms with Gasteiger partial charge in [0.25, 0.3) is 0 Å². The van der Waals surface area contributed by atoms with E-state index in [0.717, 1.165) is 55.7 Å². The minimum Gasteiger partial charge on any atom is -0.465 e. The number of likely N-dealkylation sites (tertiary alicyclic amines) is 1. The highest BCUT2D eigenvalue weighted by atomic mass is 32.1. The summed E-state index contributed by atoms with van der Waals surface area (Å²) in [5, 5.41) is 9.06. The van der Waals surface area contributed by atoms with E-state index in [2.05, 4.69) is 25.4 Å². The molecule has 2 aliphatic heterocycles. The Balaban J connectivity index is 1.25. The number of methoxy groups -OCH3 is 1. The number of alkyl halides is 3. The number of ether oxygens (including phenoxy) is 2. The largest absolute Gasteiger partial charge is 0.490 e. The number of aromatic nitrogens is 3. The van der Waals surface area contributed by atoms with E-state index in [1.807, 2.05) is 24.4 Å². The van der Waals surface area contributed by atoms with Gasteiger partial charge in [0.15, 0.2) is 0 Å². The number of halogens is 3. The smallest absolute Gasteiger partial charge is 0.465 e. The zero-order valence-corrected chi connectivity index (χ0v) is 27.8. The molecule has 2 aliphatic rings. The molecule has 0 amide bonds. The first-order valence-corrected chi connectivity index (χ1v) is 16.5. The van der Waals surface area contributed by atoms with Gasteiger partial charge in [-0.15, -0.1) is 11.3 Å². The number of nitrogens with one attached hydrogen (secondary N) is 2. The predicted octanol–water partition coefficient (Wildman–Crippen LogP) is 6.68. The molecule has 5 heterocycles. The van der Waals surface area contributed by atoms with Crippen LogP contribution in [0.25, 0.3) is 10.2 Å². The summed E-state index contributed by atoms with van der Waals surface area (Å²) in [7, 11) is 1.36. The molecule has 0 spiro atoms. The van der Waals surface area contributed by atoms with Crippen LogP contribution in [-0.4, -0.2) is 77.3 Å². The highest BCUT2D eigenvalue weighted by molar-refractivity contribution is 7.17. The van der Waals surface area contributed by atoms with Crippen LogP contribution < -0.4 is 15.5 Å². The van der Waals surface area contributed by atoms with E-state index in [1.54, 1.807) is 18.2 Å². The van der Waals surface area contributed by atoms with E-state index in [1.165, 1.54) is 44.8 Å². The lowest BCUT2D eigenvalue weighted by Gasteiger charge is -2.43. The highest BCUT2D eigenvalue weighted by Gasteiger charge is 2.44. The number of fused-ring (bicyclic) bond motifs is 1. The number of hydrogen-bond acceptors (Lipinski definition) is 12. The fourth-order valence-corrected chi connectivity index (χ4v) is 6.92. The molecule has 48 heavy (non-hydrogen) atoms. The second kappa shape index (κ2) is 13.2. The minimum atomic E-state index is -5.14. The molecule has 254 valence electrons. The first kappa shape index (κ1) is 33.4. The number of hydrogen-bond donors (Lipinski definition) is 2.